The van der Waals surface area contributed by atoms with Crippen LogP contribution in [0.5, 0.6) is 0 Å². The monoisotopic (exact) mass is 269 g/mol. The zero-order valence-corrected chi connectivity index (χ0v) is 11.1. The maximum Gasteiger partial charge on any atom is 0.159 e. The summed E-state index contributed by atoms with van der Waals surface area (Å²) >= 11 is 0. The number of benzene rings is 1. The van der Waals surface area contributed by atoms with Gasteiger partial charge >= 0.3 is 0 Å². The average Bonchev–Trinajstić information content (AvgIpc) is 2.42. The summed E-state index contributed by atoms with van der Waals surface area (Å²) in [5, 5.41) is 0. The summed E-state index contributed by atoms with van der Waals surface area (Å²) < 4.78 is 31.5. The van der Waals surface area contributed by atoms with Gasteiger partial charge in [-0.1, -0.05) is 6.07 Å². The van der Waals surface area contributed by atoms with E-state index in [0.717, 1.165) is 43.9 Å². The van der Waals surface area contributed by atoms with E-state index in [1.807, 2.05) is 0 Å². The summed E-state index contributed by atoms with van der Waals surface area (Å²) in [5.74, 6) is -1.62. The van der Waals surface area contributed by atoms with Crippen molar-refractivity contribution < 1.29 is 13.5 Å². The van der Waals surface area contributed by atoms with Gasteiger partial charge in [0, 0.05) is 12.6 Å². The molecule has 1 fully saturated rings. The first kappa shape index (κ1) is 14.4. The van der Waals surface area contributed by atoms with Crippen LogP contribution in [0, 0.1) is 11.6 Å². The van der Waals surface area contributed by atoms with Crippen molar-refractivity contribution in [3.8, 4) is 0 Å². The Kier molecular flexibility index (Phi) is 5.28. The minimum atomic E-state index is -0.812. The van der Waals surface area contributed by atoms with E-state index in [4.69, 9.17) is 10.5 Å². The van der Waals surface area contributed by atoms with Gasteiger partial charge in [0.15, 0.2) is 11.6 Å². The lowest BCUT2D eigenvalue weighted by atomic mass is 9.98. The van der Waals surface area contributed by atoms with Crippen LogP contribution >= 0.6 is 0 Å². The molecule has 2 atom stereocenters. The Bertz CT molecular complexity index is 405. The van der Waals surface area contributed by atoms with Crippen molar-refractivity contribution in [2.45, 2.75) is 50.7 Å². The minimum Gasteiger partial charge on any atom is -0.378 e. The molecular weight excluding hydrogens is 248 g/mol. The van der Waals surface area contributed by atoms with E-state index in [1.165, 1.54) is 12.5 Å². The van der Waals surface area contributed by atoms with Gasteiger partial charge in [-0.2, -0.15) is 0 Å². The minimum absolute atomic E-state index is 0.0320. The highest BCUT2D eigenvalue weighted by molar-refractivity contribution is 5.18. The van der Waals surface area contributed by atoms with Gasteiger partial charge in [-0.15, -0.1) is 0 Å². The van der Waals surface area contributed by atoms with Crippen molar-refractivity contribution >= 4 is 0 Å². The Morgan fingerprint density at radius 3 is 2.79 bits per heavy atom. The number of nitrogens with two attached hydrogens (primary N) is 1. The fourth-order valence-electron chi connectivity index (χ4n) is 2.51. The molecule has 1 aliphatic rings. The molecule has 19 heavy (non-hydrogen) atoms. The zero-order chi connectivity index (χ0) is 13.7. The second kappa shape index (κ2) is 6.96. The third-order valence-electron chi connectivity index (χ3n) is 3.62. The van der Waals surface area contributed by atoms with Crippen LogP contribution in [0.3, 0.4) is 0 Å². The maximum atomic E-state index is 13.1. The lowest BCUT2D eigenvalue weighted by molar-refractivity contribution is 0.00915. The zero-order valence-electron chi connectivity index (χ0n) is 11.1. The van der Waals surface area contributed by atoms with Gasteiger partial charge in [-0.3, -0.25) is 0 Å². The largest absolute Gasteiger partial charge is 0.378 e. The van der Waals surface area contributed by atoms with Gasteiger partial charge in [-0.25, -0.2) is 8.78 Å². The van der Waals surface area contributed by atoms with E-state index >= 15 is 0 Å². The van der Waals surface area contributed by atoms with E-state index in [1.54, 1.807) is 6.07 Å². The molecule has 2 unspecified atom stereocenters. The highest BCUT2D eigenvalue weighted by Crippen LogP contribution is 2.18. The van der Waals surface area contributed by atoms with Crippen molar-refractivity contribution in [2.75, 3.05) is 6.61 Å². The number of ether oxygens (including phenoxy) is 1. The molecule has 0 spiro atoms. The van der Waals surface area contributed by atoms with Crippen molar-refractivity contribution in [3.63, 3.8) is 0 Å². The smallest absolute Gasteiger partial charge is 0.159 e. The van der Waals surface area contributed by atoms with Crippen LogP contribution in [0.1, 0.15) is 37.7 Å². The van der Waals surface area contributed by atoms with Gasteiger partial charge in [0.1, 0.15) is 0 Å². The van der Waals surface area contributed by atoms with Gasteiger partial charge in [0.2, 0.25) is 0 Å². The standard InChI is InChI=1S/C15H21F2NO/c16-14-7-4-11(10-15(14)17)9-12(18)5-6-13-3-1-2-8-19-13/h4,7,10,12-13H,1-3,5-6,8-9,18H2. The van der Waals surface area contributed by atoms with Crippen LogP contribution in [0.4, 0.5) is 8.78 Å². The Balaban J connectivity index is 1.76. The number of halogens is 2. The Morgan fingerprint density at radius 1 is 1.26 bits per heavy atom. The number of rotatable bonds is 5. The molecule has 1 heterocycles. The molecule has 1 aromatic carbocycles. The fourth-order valence-corrected chi connectivity index (χ4v) is 2.51. The summed E-state index contributed by atoms with van der Waals surface area (Å²) in [6, 6.07) is 3.94. The lowest BCUT2D eigenvalue weighted by Crippen LogP contribution is -2.27. The lowest BCUT2D eigenvalue weighted by Gasteiger charge is -2.23. The highest BCUT2D eigenvalue weighted by atomic mass is 19.2. The molecule has 0 radical (unpaired) electrons. The molecule has 0 amide bonds. The molecule has 1 aromatic rings. The first-order chi connectivity index (χ1) is 9.15. The summed E-state index contributed by atoms with van der Waals surface area (Å²) in [5.41, 5.74) is 6.79. The SMILES string of the molecule is NC(CCC1CCCCO1)Cc1ccc(F)c(F)c1. The summed E-state index contributed by atoms with van der Waals surface area (Å²) in [6.45, 7) is 0.850. The Hall–Kier alpha value is -1.00. The molecule has 4 heteroatoms. The normalized spacial score (nSPS) is 21.3. The average molecular weight is 269 g/mol. The molecule has 0 saturated carbocycles. The maximum absolute atomic E-state index is 13.1. The Labute approximate surface area is 112 Å². The van der Waals surface area contributed by atoms with E-state index in [9.17, 15) is 8.78 Å². The van der Waals surface area contributed by atoms with Gasteiger partial charge < -0.3 is 10.5 Å². The van der Waals surface area contributed by atoms with Crippen LogP contribution in [0.15, 0.2) is 18.2 Å². The second-order valence-corrected chi connectivity index (χ2v) is 5.28. The summed E-state index contributed by atoms with van der Waals surface area (Å²) in [4.78, 5) is 0. The molecule has 2 rings (SSSR count). The van der Waals surface area contributed by atoms with Crippen LogP contribution in [-0.2, 0) is 11.2 Å². The van der Waals surface area contributed by atoms with Crippen LogP contribution in [-0.4, -0.2) is 18.8 Å². The van der Waals surface area contributed by atoms with Crippen molar-refractivity contribution in [1.29, 1.82) is 0 Å². The predicted octanol–water partition coefficient (Wildman–Crippen LogP) is 3.18. The number of hydrogen-bond donors (Lipinski definition) is 1. The molecule has 1 saturated heterocycles. The van der Waals surface area contributed by atoms with Crippen molar-refractivity contribution in [1.82, 2.24) is 0 Å². The van der Waals surface area contributed by atoms with Crippen molar-refractivity contribution in [3.05, 3.63) is 35.4 Å². The first-order valence-corrected chi connectivity index (χ1v) is 6.96. The Morgan fingerprint density at radius 2 is 2.11 bits per heavy atom. The molecule has 2 N–H and O–H groups in total. The number of hydrogen-bond acceptors (Lipinski definition) is 2. The topological polar surface area (TPSA) is 35.2 Å². The van der Waals surface area contributed by atoms with E-state index in [0.29, 0.717) is 12.5 Å². The molecule has 2 nitrogen and oxygen atoms in total. The van der Waals surface area contributed by atoms with Gasteiger partial charge in [0.05, 0.1) is 6.10 Å². The van der Waals surface area contributed by atoms with Gasteiger partial charge in [-0.05, 0) is 56.2 Å². The van der Waals surface area contributed by atoms with E-state index in [2.05, 4.69) is 0 Å². The first-order valence-electron chi connectivity index (χ1n) is 6.96. The molecule has 0 aromatic heterocycles. The molecule has 1 aliphatic heterocycles. The van der Waals surface area contributed by atoms with Crippen LogP contribution in [0.25, 0.3) is 0 Å². The van der Waals surface area contributed by atoms with Crippen LogP contribution < -0.4 is 5.73 Å². The molecule has 0 aliphatic carbocycles. The second-order valence-electron chi connectivity index (χ2n) is 5.28. The molecular formula is C15H21F2NO. The molecule has 0 bridgehead atoms. The quantitative estimate of drug-likeness (QED) is 0.891. The summed E-state index contributed by atoms with van der Waals surface area (Å²) in [6.07, 6.45) is 6.18. The van der Waals surface area contributed by atoms with Crippen molar-refractivity contribution in [2.24, 2.45) is 5.73 Å². The van der Waals surface area contributed by atoms with E-state index in [-0.39, 0.29) is 6.04 Å². The third-order valence-corrected chi connectivity index (χ3v) is 3.62. The van der Waals surface area contributed by atoms with Gasteiger partial charge in [0.25, 0.3) is 0 Å². The highest BCUT2D eigenvalue weighted by Gasteiger charge is 2.15. The molecule has 106 valence electrons. The van der Waals surface area contributed by atoms with E-state index < -0.39 is 11.6 Å². The predicted molar refractivity (Wildman–Crippen MR) is 70.9 cm³/mol. The third kappa shape index (κ3) is 4.55. The fraction of sp³-hybridized carbons (Fsp3) is 0.600. The van der Waals surface area contributed by atoms with Crippen LogP contribution in [0.2, 0.25) is 0 Å². The summed E-state index contributed by atoms with van der Waals surface area (Å²) in [7, 11) is 0.